The van der Waals surface area contributed by atoms with Gasteiger partial charge in [-0.3, -0.25) is 0 Å². The maximum atomic E-state index is 6.37. The van der Waals surface area contributed by atoms with Gasteiger partial charge in [0.1, 0.15) is 5.15 Å². The number of benzene rings is 2. The van der Waals surface area contributed by atoms with Gasteiger partial charge in [-0.2, -0.15) is 0 Å². The van der Waals surface area contributed by atoms with E-state index >= 15 is 0 Å². The number of aryl methyl sites for hydroxylation is 3. The molecular formula is C17H14Cl2N2. The minimum atomic E-state index is 0.441. The van der Waals surface area contributed by atoms with Crippen LogP contribution in [0.4, 0.5) is 0 Å². The first-order chi connectivity index (χ1) is 9.97. The van der Waals surface area contributed by atoms with E-state index in [-0.39, 0.29) is 0 Å². The van der Waals surface area contributed by atoms with Gasteiger partial charge < -0.3 is 0 Å². The molecule has 0 radical (unpaired) electrons. The molecule has 0 aliphatic rings. The van der Waals surface area contributed by atoms with Crippen LogP contribution < -0.4 is 0 Å². The molecule has 1 heterocycles. The summed E-state index contributed by atoms with van der Waals surface area (Å²) >= 11 is 12.7. The van der Waals surface area contributed by atoms with Crippen molar-refractivity contribution in [1.82, 2.24) is 9.97 Å². The van der Waals surface area contributed by atoms with Gasteiger partial charge >= 0.3 is 0 Å². The Kier molecular flexibility index (Phi) is 3.60. The molecule has 2 aromatic carbocycles. The van der Waals surface area contributed by atoms with Gasteiger partial charge in [-0.1, -0.05) is 47.0 Å². The van der Waals surface area contributed by atoms with Crippen molar-refractivity contribution in [3.63, 3.8) is 0 Å². The molecule has 1 aromatic heterocycles. The van der Waals surface area contributed by atoms with Crippen LogP contribution in [0.2, 0.25) is 10.2 Å². The van der Waals surface area contributed by atoms with Crippen LogP contribution in [0.15, 0.2) is 30.3 Å². The third-order valence-corrected chi connectivity index (χ3v) is 4.18. The Morgan fingerprint density at radius 2 is 1.57 bits per heavy atom. The molecule has 0 aliphatic carbocycles. The van der Waals surface area contributed by atoms with Gasteiger partial charge in [0.25, 0.3) is 0 Å². The van der Waals surface area contributed by atoms with E-state index in [2.05, 4.69) is 28.2 Å². The second kappa shape index (κ2) is 5.28. The highest BCUT2D eigenvalue weighted by Gasteiger charge is 2.13. The summed E-state index contributed by atoms with van der Waals surface area (Å²) in [5.74, 6) is 0.612. The molecule has 0 aliphatic heterocycles. The zero-order valence-electron chi connectivity index (χ0n) is 12.0. The Morgan fingerprint density at radius 1 is 0.857 bits per heavy atom. The van der Waals surface area contributed by atoms with Crippen molar-refractivity contribution >= 4 is 34.1 Å². The third-order valence-electron chi connectivity index (χ3n) is 3.60. The van der Waals surface area contributed by atoms with E-state index in [4.69, 9.17) is 23.2 Å². The normalized spacial score (nSPS) is 11.1. The van der Waals surface area contributed by atoms with Gasteiger partial charge in [-0.25, -0.2) is 9.97 Å². The quantitative estimate of drug-likeness (QED) is 0.552. The summed E-state index contributed by atoms with van der Waals surface area (Å²) in [5, 5.41) is 1.85. The summed E-state index contributed by atoms with van der Waals surface area (Å²) in [6.45, 7) is 6.06. The fraction of sp³-hybridized carbons (Fsp3) is 0.176. The molecule has 0 saturated heterocycles. The molecule has 0 unspecified atom stereocenters. The number of hydrogen-bond donors (Lipinski definition) is 0. The molecule has 106 valence electrons. The maximum absolute atomic E-state index is 6.37. The predicted octanol–water partition coefficient (Wildman–Crippen LogP) is 5.53. The number of aromatic nitrogens is 2. The van der Waals surface area contributed by atoms with Crippen LogP contribution in [0, 0.1) is 20.8 Å². The van der Waals surface area contributed by atoms with Crippen molar-refractivity contribution in [3.8, 4) is 11.4 Å². The molecular weight excluding hydrogens is 303 g/mol. The van der Waals surface area contributed by atoms with E-state index in [1.54, 1.807) is 0 Å². The highest BCUT2D eigenvalue weighted by atomic mass is 35.5. The standard InChI is InChI=1S/C17H14Cl2N2/c1-9-4-5-10(2)12(8-9)17-20-15-13(18)7-6-11(3)14(15)16(19)21-17/h4-8H,1-3H3. The van der Waals surface area contributed by atoms with Crippen molar-refractivity contribution in [1.29, 1.82) is 0 Å². The second-order valence-corrected chi connectivity index (χ2v) is 6.01. The summed E-state index contributed by atoms with van der Waals surface area (Å²) in [7, 11) is 0. The summed E-state index contributed by atoms with van der Waals surface area (Å²) < 4.78 is 0. The second-order valence-electron chi connectivity index (χ2n) is 5.24. The van der Waals surface area contributed by atoms with Crippen molar-refractivity contribution in [2.45, 2.75) is 20.8 Å². The number of fused-ring (bicyclic) bond motifs is 1. The fourth-order valence-electron chi connectivity index (χ4n) is 2.41. The molecule has 2 nitrogen and oxygen atoms in total. The Labute approximate surface area is 133 Å². The number of halogens is 2. The van der Waals surface area contributed by atoms with Gasteiger partial charge in [0.05, 0.1) is 10.5 Å². The molecule has 4 heteroatoms. The molecule has 21 heavy (non-hydrogen) atoms. The Balaban J connectivity index is 2.35. The maximum Gasteiger partial charge on any atom is 0.161 e. The zero-order chi connectivity index (χ0) is 15.1. The van der Waals surface area contributed by atoms with Crippen LogP contribution in [0.3, 0.4) is 0 Å². The Bertz CT molecular complexity index is 857. The van der Waals surface area contributed by atoms with Crippen LogP contribution in [-0.2, 0) is 0 Å². The SMILES string of the molecule is Cc1ccc(C)c(-c2nc(Cl)c3c(C)ccc(Cl)c3n2)c1. The zero-order valence-corrected chi connectivity index (χ0v) is 13.5. The van der Waals surface area contributed by atoms with E-state index < -0.39 is 0 Å². The van der Waals surface area contributed by atoms with Crippen LogP contribution in [-0.4, -0.2) is 9.97 Å². The molecule has 0 amide bonds. The number of rotatable bonds is 1. The lowest BCUT2D eigenvalue weighted by Gasteiger charge is -2.10. The first kappa shape index (κ1) is 14.3. The molecule has 0 saturated carbocycles. The molecule has 0 spiro atoms. The lowest BCUT2D eigenvalue weighted by Crippen LogP contribution is -1.96. The lowest BCUT2D eigenvalue weighted by atomic mass is 10.0. The van der Waals surface area contributed by atoms with Crippen molar-refractivity contribution in [3.05, 3.63) is 57.2 Å². The largest absolute Gasteiger partial charge is 0.226 e. The van der Waals surface area contributed by atoms with Crippen LogP contribution in [0.25, 0.3) is 22.3 Å². The Hall–Kier alpha value is -1.64. The molecule has 0 N–H and O–H groups in total. The lowest BCUT2D eigenvalue weighted by molar-refractivity contribution is 1.20. The van der Waals surface area contributed by atoms with E-state index in [1.165, 1.54) is 0 Å². The summed E-state index contributed by atoms with van der Waals surface area (Å²) in [5.41, 5.74) is 4.97. The van der Waals surface area contributed by atoms with Gasteiger partial charge in [0.15, 0.2) is 5.82 Å². The third kappa shape index (κ3) is 2.50. The number of hydrogen-bond acceptors (Lipinski definition) is 2. The van der Waals surface area contributed by atoms with E-state index in [9.17, 15) is 0 Å². The van der Waals surface area contributed by atoms with Crippen LogP contribution in [0.5, 0.6) is 0 Å². The average molecular weight is 317 g/mol. The number of nitrogens with zero attached hydrogens (tertiary/aromatic N) is 2. The monoisotopic (exact) mass is 316 g/mol. The van der Waals surface area contributed by atoms with Crippen molar-refractivity contribution in [2.75, 3.05) is 0 Å². The highest BCUT2D eigenvalue weighted by molar-refractivity contribution is 6.38. The van der Waals surface area contributed by atoms with Crippen molar-refractivity contribution < 1.29 is 0 Å². The minimum Gasteiger partial charge on any atom is -0.226 e. The van der Waals surface area contributed by atoms with E-state index in [1.807, 2.05) is 32.9 Å². The molecule has 0 bridgehead atoms. The molecule has 0 fully saturated rings. The van der Waals surface area contributed by atoms with E-state index in [0.717, 1.165) is 27.6 Å². The first-order valence-corrected chi connectivity index (χ1v) is 7.43. The fourth-order valence-corrected chi connectivity index (χ4v) is 2.93. The minimum absolute atomic E-state index is 0.441. The summed E-state index contributed by atoms with van der Waals surface area (Å²) in [6.07, 6.45) is 0. The molecule has 3 rings (SSSR count). The smallest absolute Gasteiger partial charge is 0.161 e. The summed E-state index contributed by atoms with van der Waals surface area (Å²) in [6, 6.07) is 9.96. The topological polar surface area (TPSA) is 25.8 Å². The predicted molar refractivity (Wildman–Crippen MR) is 89.2 cm³/mol. The van der Waals surface area contributed by atoms with Crippen molar-refractivity contribution in [2.24, 2.45) is 0 Å². The van der Waals surface area contributed by atoms with Gasteiger partial charge in [0.2, 0.25) is 0 Å². The molecule has 0 atom stereocenters. The first-order valence-electron chi connectivity index (χ1n) is 6.67. The molecule has 3 aromatic rings. The van der Waals surface area contributed by atoms with Gasteiger partial charge in [-0.05, 0) is 44.0 Å². The van der Waals surface area contributed by atoms with Gasteiger partial charge in [-0.15, -0.1) is 0 Å². The van der Waals surface area contributed by atoms with E-state index in [0.29, 0.717) is 21.5 Å². The average Bonchev–Trinajstić information content (AvgIpc) is 2.45. The highest BCUT2D eigenvalue weighted by Crippen LogP contribution is 2.32. The van der Waals surface area contributed by atoms with Gasteiger partial charge in [0, 0.05) is 10.9 Å². The van der Waals surface area contributed by atoms with Crippen LogP contribution >= 0.6 is 23.2 Å². The summed E-state index contributed by atoms with van der Waals surface area (Å²) in [4.78, 5) is 9.11. The Morgan fingerprint density at radius 3 is 2.33 bits per heavy atom. The van der Waals surface area contributed by atoms with Crippen LogP contribution in [0.1, 0.15) is 16.7 Å².